The number of hydrogen-bond acceptors (Lipinski definition) is 1. The fourth-order valence-corrected chi connectivity index (χ4v) is 3.09. The fourth-order valence-electron chi connectivity index (χ4n) is 3.09. The van der Waals surface area contributed by atoms with Crippen LogP contribution in [0.25, 0.3) is 10.8 Å². The lowest BCUT2D eigenvalue weighted by molar-refractivity contribution is 1.14. The van der Waals surface area contributed by atoms with Gasteiger partial charge in [0.2, 0.25) is 0 Å². The molecule has 106 valence electrons. The Morgan fingerprint density at radius 2 is 1.48 bits per heavy atom. The van der Waals surface area contributed by atoms with E-state index in [4.69, 9.17) is 0 Å². The van der Waals surface area contributed by atoms with E-state index in [-0.39, 0.29) is 0 Å². The van der Waals surface area contributed by atoms with Gasteiger partial charge in [0.1, 0.15) is 0 Å². The van der Waals surface area contributed by atoms with Gasteiger partial charge in [-0.1, -0.05) is 60.2 Å². The summed E-state index contributed by atoms with van der Waals surface area (Å²) >= 11 is 0. The fraction of sp³-hybridized carbons (Fsp3) is 0.200. The Morgan fingerprint density at radius 3 is 2.24 bits per heavy atom. The number of hydrogen-bond donors (Lipinski definition) is 1. The summed E-state index contributed by atoms with van der Waals surface area (Å²) in [5.41, 5.74) is 6.54. The molecule has 21 heavy (non-hydrogen) atoms. The molecule has 0 atom stereocenters. The third-order valence-corrected chi connectivity index (χ3v) is 4.01. The monoisotopic (exact) mass is 275 g/mol. The van der Waals surface area contributed by atoms with Crippen molar-refractivity contribution in [2.24, 2.45) is 0 Å². The summed E-state index contributed by atoms with van der Waals surface area (Å²) < 4.78 is 0. The molecule has 1 heteroatoms. The molecule has 3 rings (SSSR count). The van der Waals surface area contributed by atoms with Crippen molar-refractivity contribution in [2.75, 3.05) is 5.32 Å². The Balaban J connectivity index is 1.91. The summed E-state index contributed by atoms with van der Waals surface area (Å²) in [4.78, 5) is 0. The number of rotatable bonds is 3. The van der Waals surface area contributed by atoms with Gasteiger partial charge in [0, 0.05) is 12.2 Å². The molecular weight excluding hydrogens is 254 g/mol. The van der Waals surface area contributed by atoms with Crippen molar-refractivity contribution in [1.29, 1.82) is 0 Å². The van der Waals surface area contributed by atoms with Crippen LogP contribution >= 0.6 is 0 Å². The number of aryl methyl sites for hydroxylation is 3. The first-order chi connectivity index (χ1) is 10.1. The summed E-state index contributed by atoms with van der Waals surface area (Å²) in [5, 5.41) is 6.25. The van der Waals surface area contributed by atoms with Gasteiger partial charge in [0.05, 0.1) is 0 Å². The van der Waals surface area contributed by atoms with Gasteiger partial charge >= 0.3 is 0 Å². The lowest BCUT2D eigenvalue weighted by Crippen LogP contribution is -2.03. The molecule has 0 aromatic heterocycles. The second kappa shape index (κ2) is 5.61. The van der Waals surface area contributed by atoms with Crippen LogP contribution in [0.15, 0.2) is 54.6 Å². The Bertz CT molecular complexity index is 758. The first-order valence-electron chi connectivity index (χ1n) is 7.43. The lowest BCUT2D eigenvalue weighted by atomic mass is 10.0. The number of benzene rings is 3. The molecule has 0 heterocycles. The van der Waals surface area contributed by atoms with E-state index in [2.05, 4.69) is 80.7 Å². The standard InChI is InChI=1S/C20H21N/c1-14-11-15(2)20(16(3)12-14)21-13-18-9-6-8-17-7-4-5-10-19(17)18/h4-12,21H,13H2,1-3H3. The summed E-state index contributed by atoms with van der Waals surface area (Å²) in [5.74, 6) is 0. The quantitative estimate of drug-likeness (QED) is 0.677. The molecule has 1 N–H and O–H groups in total. The van der Waals surface area contributed by atoms with E-state index in [0.717, 1.165) is 6.54 Å². The molecule has 0 aliphatic carbocycles. The molecule has 0 aliphatic rings. The van der Waals surface area contributed by atoms with Crippen LogP contribution in [0.2, 0.25) is 0 Å². The van der Waals surface area contributed by atoms with Crippen molar-refractivity contribution in [2.45, 2.75) is 27.3 Å². The smallest absolute Gasteiger partial charge is 0.0407 e. The van der Waals surface area contributed by atoms with Crippen LogP contribution in [0.1, 0.15) is 22.3 Å². The molecule has 0 saturated heterocycles. The van der Waals surface area contributed by atoms with Crippen LogP contribution in [0, 0.1) is 20.8 Å². The van der Waals surface area contributed by atoms with Crippen molar-refractivity contribution in [3.8, 4) is 0 Å². The van der Waals surface area contributed by atoms with E-state index in [0.29, 0.717) is 0 Å². The summed E-state index contributed by atoms with van der Waals surface area (Å²) in [6.45, 7) is 7.34. The second-order valence-electron chi connectivity index (χ2n) is 5.77. The maximum absolute atomic E-state index is 3.62. The number of anilines is 1. The van der Waals surface area contributed by atoms with Crippen LogP contribution in [0.3, 0.4) is 0 Å². The maximum atomic E-state index is 3.62. The molecule has 3 aromatic carbocycles. The van der Waals surface area contributed by atoms with E-state index in [1.165, 1.54) is 38.7 Å². The van der Waals surface area contributed by atoms with Gasteiger partial charge in [-0.25, -0.2) is 0 Å². The molecule has 0 amide bonds. The number of fused-ring (bicyclic) bond motifs is 1. The second-order valence-corrected chi connectivity index (χ2v) is 5.77. The molecule has 0 aliphatic heterocycles. The molecule has 0 fully saturated rings. The van der Waals surface area contributed by atoms with Gasteiger partial charge in [-0.05, 0) is 48.2 Å². The highest BCUT2D eigenvalue weighted by Gasteiger charge is 2.05. The Morgan fingerprint density at radius 1 is 0.810 bits per heavy atom. The Labute approximate surface area is 126 Å². The zero-order valence-electron chi connectivity index (χ0n) is 12.9. The van der Waals surface area contributed by atoms with Crippen molar-refractivity contribution in [3.63, 3.8) is 0 Å². The summed E-state index contributed by atoms with van der Waals surface area (Å²) in [6.07, 6.45) is 0. The molecular formula is C20H21N. The van der Waals surface area contributed by atoms with E-state index in [1.807, 2.05) is 0 Å². The molecule has 3 aromatic rings. The highest BCUT2D eigenvalue weighted by Crippen LogP contribution is 2.24. The van der Waals surface area contributed by atoms with E-state index in [9.17, 15) is 0 Å². The maximum Gasteiger partial charge on any atom is 0.0407 e. The van der Waals surface area contributed by atoms with Crippen molar-refractivity contribution >= 4 is 16.5 Å². The van der Waals surface area contributed by atoms with Crippen LogP contribution in [-0.4, -0.2) is 0 Å². The van der Waals surface area contributed by atoms with Crippen LogP contribution in [0.4, 0.5) is 5.69 Å². The highest BCUT2D eigenvalue weighted by atomic mass is 14.9. The van der Waals surface area contributed by atoms with Crippen LogP contribution < -0.4 is 5.32 Å². The van der Waals surface area contributed by atoms with Gasteiger partial charge in [0.25, 0.3) is 0 Å². The first-order valence-corrected chi connectivity index (χ1v) is 7.43. The SMILES string of the molecule is Cc1cc(C)c(NCc2cccc3ccccc23)c(C)c1. The molecule has 0 radical (unpaired) electrons. The predicted molar refractivity (Wildman–Crippen MR) is 91.9 cm³/mol. The lowest BCUT2D eigenvalue weighted by Gasteiger charge is -2.15. The molecule has 0 bridgehead atoms. The Hall–Kier alpha value is -2.28. The van der Waals surface area contributed by atoms with E-state index < -0.39 is 0 Å². The minimum Gasteiger partial charge on any atom is -0.381 e. The summed E-state index contributed by atoms with van der Waals surface area (Å²) in [7, 11) is 0. The zero-order valence-corrected chi connectivity index (χ0v) is 12.9. The van der Waals surface area contributed by atoms with Gasteiger partial charge < -0.3 is 5.32 Å². The normalized spacial score (nSPS) is 10.8. The van der Waals surface area contributed by atoms with Crippen molar-refractivity contribution in [1.82, 2.24) is 0 Å². The summed E-state index contributed by atoms with van der Waals surface area (Å²) in [6, 6.07) is 19.5. The minimum atomic E-state index is 0.853. The van der Waals surface area contributed by atoms with Crippen molar-refractivity contribution in [3.05, 3.63) is 76.9 Å². The third kappa shape index (κ3) is 2.78. The van der Waals surface area contributed by atoms with Gasteiger partial charge in [-0.15, -0.1) is 0 Å². The van der Waals surface area contributed by atoms with Crippen molar-refractivity contribution < 1.29 is 0 Å². The Kier molecular flexibility index (Phi) is 3.66. The average molecular weight is 275 g/mol. The van der Waals surface area contributed by atoms with Crippen LogP contribution in [0.5, 0.6) is 0 Å². The van der Waals surface area contributed by atoms with E-state index >= 15 is 0 Å². The molecule has 0 spiro atoms. The average Bonchev–Trinajstić information content (AvgIpc) is 2.46. The molecule has 0 saturated carbocycles. The topological polar surface area (TPSA) is 12.0 Å². The molecule has 0 unspecified atom stereocenters. The minimum absolute atomic E-state index is 0.853. The molecule has 1 nitrogen and oxygen atoms in total. The van der Waals surface area contributed by atoms with Gasteiger partial charge in [-0.3, -0.25) is 0 Å². The zero-order chi connectivity index (χ0) is 14.8. The predicted octanol–water partition coefficient (Wildman–Crippen LogP) is 5.38. The van der Waals surface area contributed by atoms with Gasteiger partial charge in [-0.2, -0.15) is 0 Å². The van der Waals surface area contributed by atoms with Gasteiger partial charge in [0.15, 0.2) is 0 Å². The highest BCUT2D eigenvalue weighted by molar-refractivity contribution is 5.85. The van der Waals surface area contributed by atoms with E-state index in [1.54, 1.807) is 0 Å². The third-order valence-electron chi connectivity index (χ3n) is 4.01. The van der Waals surface area contributed by atoms with Crippen LogP contribution in [-0.2, 0) is 6.54 Å². The largest absolute Gasteiger partial charge is 0.381 e. The first kappa shape index (κ1) is 13.7. The number of nitrogens with one attached hydrogen (secondary N) is 1.